The summed E-state index contributed by atoms with van der Waals surface area (Å²) in [4.78, 5) is 14.8. The maximum atomic E-state index is 13.0. The van der Waals surface area contributed by atoms with E-state index in [4.69, 9.17) is 0 Å². The van der Waals surface area contributed by atoms with E-state index in [0.717, 1.165) is 60.2 Å². The van der Waals surface area contributed by atoms with Gasteiger partial charge in [-0.25, -0.2) is 8.42 Å². The highest BCUT2D eigenvalue weighted by atomic mass is 32.2. The van der Waals surface area contributed by atoms with Gasteiger partial charge in [0.05, 0.1) is 4.90 Å². The predicted octanol–water partition coefficient (Wildman–Crippen LogP) is 4.10. The lowest BCUT2D eigenvalue weighted by molar-refractivity contribution is -0.119. The number of benzene rings is 2. The van der Waals surface area contributed by atoms with Gasteiger partial charge in [-0.3, -0.25) is 9.52 Å². The van der Waals surface area contributed by atoms with E-state index in [2.05, 4.69) is 4.72 Å². The molecule has 0 bridgehead atoms. The number of sulfonamides is 1. The van der Waals surface area contributed by atoms with Crippen molar-refractivity contribution in [3.63, 3.8) is 0 Å². The number of nitrogens with zero attached hydrogens (tertiary/aromatic N) is 1. The molecule has 0 aromatic heterocycles. The van der Waals surface area contributed by atoms with Crippen LogP contribution in [0, 0.1) is 26.7 Å². The number of hydrogen-bond donors (Lipinski definition) is 1. The zero-order valence-corrected chi connectivity index (χ0v) is 17.4. The second-order valence-corrected chi connectivity index (χ2v) is 9.66. The summed E-state index contributed by atoms with van der Waals surface area (Å²) < 4.78 is 28.8. The maximum absolute atomic E-state index is 13.0. The fourth-order valence-corrected chi connectivity index (χ4v) is 5.74. The van der Waals surface area contributed by atoms with Gasteiger partial charge < -0.3 is 4.90 Å². The zero-order valence-electron chi connectivity index (χ0n) is 16.6. The molecule has 1 aliphatic heterocycles. The Morgan fingerprint density at radius 2 is 1.75 bits per heavy atom. The van der Waals surface area contributed by atoms with Crippen LogP contribution in [0.1, 0.15) is 41.5 Å². The summed E-state index contributed by atoms with van der Waals surface area (Å²) in [7, 11) is -3.68. The molecule has 2 aromatic carbocycles. The summed E-state index contributed by atoms with van der Waals surface area (Å²) in [5.74, 6) is 0.386. The first-order valence-corrected chi connectivity index (χ1v) is 11.3. The third kappa shape index (κ3) is 3.53. The molecule has 2 aromatic rings. The molecule has 4 rings (SSSR count). The Hall–Kier alpha value is -2.34. The average Bonchev–Trinajstić information content (AvgIpc) is 3.43. The fourth-order valence-electron chi connectivity index (χ4n) is 4.24. The van der Waals surface area contributed by atoms with E-state index in [-0.39, 0.29) is 11.8 Å². The van der Waals surface area contributed by atoms with Gasteiger partial charge in [0.1, 0.15) is 0 Å². The summed E-state index contributed by atoms with van der Waals surface area (Å²) >= 11 is 0. The lowest BCUT2D eigenvalue weighted by atomic mass is 10.0. The van der Waals surface area contributed by atoms with Crippen LogP contribution in [-0.4, -0.2) is 20.9 Å². The molecule has 1 aliphatic carbocycles. The molecule has 1 saturated carbocycles. The van der Waals surface area contributed by atoms with Gasteiger partial charge in [0.15, 0.2) is 0 Å². The van der Waals surface area contributed by atoms with Crippen LogP contribution in [-0.2, 0) is 21.2 Å². The zero-order chi connectivity index (χ0) is 20.1. The highest BCUT2D eigenvalue weighted by Gasteiger charge is 2.35. The topological polar surface area (TPSA) is 66.5 Å². The first kappa shape index (κ1) is 19.0. The van der Waals surface area contributed by atoms with E-state index in [1.165, 1.54) is 0 Å². The first-order valence-electron chi connectivity index (χ1n) is 9.81. The van der Waals surface area contributed by atoms with Crippen molar-refractivity contribution in [1.29, 1.82) is 0 Å². The monoisotopic (exact) mass is 398 g/mol. The molecule has 6 heteroatoms. The van der Waals surface area contributed by atoms with Crippen molar-refractivity contribution in [2.75, 3.05) is 16.2 Å². The number of amides is 1. The summed E-state index contributed by atoms with van der Waals surface area (Å²) in [6.45, 7) is 6.35. The third-order valence-electron chi connectivity index (χ3n) is 5.52. The average molecular weight is 399 g/mol. The van der Waals surface area contributed by atoms with E-state index in [1.807, 2.05) is 49.9 Å². The van der Waals surface area contributed by atoms with Crippen molar-refractivity contribution in [3.8, 4) is 0 Å². The molecule has 0 saturated heterocycles. The highest BCUT2D eigenvalue weighted by molar-refractivity contribution is 7.92. The van der Waals surface area contributed by atoms with Crippen LogP contribution < -0.4 is 9.62 Å². The first-order chi connectivity index (χ1) is 13.3. The van der Waals surface area contributed by atoms with Crippen molar-refractivity contribution in [1.82, 2.24) is 0 Å². The number of aryl methyl sites for hydroxylation is 4. The van der Waals surface area contributed by atoms with Gasteiger partial charge in [-0.2, -0.15) is 0 Å². The van der Waals surface area contributed by atoms with E-state index in [9.17, 15) is 13.2 Å². The molecule has 1 fully saturated rings. The molecule has 148 valence electrons. The van der Waals surface area contributed by atoms with Gasteiger partial charge in [-0.1, -0.05) is 17.7 Å². The van der Waals surface area contributed by atoms with Crippen molar-refractivity contribution >= 4 is 27.3 Å². The maximum Gasteiger partial charge on any atom is 0.262 e. The smallest absolute Gasteiger partial charge is 0.262 e. The standard InChI is InChI=1S/C22H26N2O3S/c1-14-11-15(2)21(16(3)12-14)28(26,27)23-19-8-9-20-18(13-19)5-4-10-24(20)22(25)17-6-7-17/h8-9,11-13,17,23H,4-7,10H2,1-3H3. The molecule has 28 heavy (non-hydrogen) atoms. The minimum absolute atomic E-state index is 0.177. The number of nitrogens with one attached hydrogen (secondary N) is 1. The van der Waals surface area contributed by atoms with E-state index in [0.29, 0.717) is 10.6 Å². The Morgan fingerprint density at radius 3 is 2.39 bits per heavy atom. The molecule has 1 heterocycles. The fraction of sp³-hybridized carbons (Fsp3) is 0.409. The van der Waals surface area contributed by atoms with Crippen molar-refractivity contribution in [3.05, 3.63) is 52.6 Å². The highest BCUT2D eigenvalue weighted by Crippen LogP contribution is 2.37. The minimum atomic E-state index is -3.68. The Labute approximate surface area is 166 Å². The lowest BCUT2D eigenvalue weighted by Gasteiger charge is -2.30. The number of fused-ring (bicyclic) bond motifs is 1. The van der Waals surface area contributed by atoms with Crippen molar-refractivity contribution in [2.24, 2.45) is 5.92 Å². The number of rotatable bonds is 4. The van der Waals surface area contributed by atoms with Gasteiger partial charge in [0.25, 0.3) is 10.0 Å². The van der Waals surface area contributed by atoms with Crippen molar-refractivity contribution in [2.45, 2.75) is 51.3 Å². The Bertz CT molecular complexity index is 1030. The van der Waals surface area contributed by atoms with Crippen LogP contribution in [0.15, 0.2) is 35.2 Å². The summed E-state index contributed by atoms with van der Waals surface area (Å²) in [6.07, 6.45) is 3.72. The molecule has 1 amide bonds. The third-order valence-corrected chi connectivity index (χ3v) is 7.20. The predicted molar refractivity (Wildman–Crippen MR) is 111 cm³/mol. The second-order valence-electron chi connectivity index (χ2n) is 8.04. The van der Waals surface area contributed by atoms with Crippen LogP contribution in [0.25, 0.3) is 0 Å². The molecule has 0 radical (unpaired) electrons. The number of carbonyl (C=O) groups excluding carboxylic acids is 1. The van der Waals surface area contributed by atoms with Crippen LogP contribution in [0.2, 0.25) is 0 Å². The molecule has 0 spiro atoms. The van der Waals surface area contributed by atoms with Crippen molar-refractivity contribution < 1.29 is 13.2 Å². The number of carbonyl (C=O) groups is 1. The van der Waals surface area contributed by atoms with Crippen LogP contribution >= 0.6 is 0 Å². The molecule has 1 N–H and O–H groups in total. The summed E-state index contributed by atoms with van der Waals surface area (Å²) in [5, 5.41) is 0. The van der Waals surface area contributed by atoms with Crippen LogP contribution in [0.4, 0.5) is 11.4 Å². The number of anilines is 2. The molecular formula is C22H26N2O3S. The largest absolute Gasteiger partial charge is 0.312 e. The van der Waals surface area contributed by atoms with Gasteiger partial charge in [-0.15, -0.1) is 0 Å². The second kappa shape index (κ2) is 6.92. The molecule has 2 aliphatic rings. The Kier molecular flexibility index (Phi) is 4.70. The van der Waals surface area contributed by atoms with Crippen LogP contribution in [0.3, 0.4) is 0 Å². The van der Waals surface area contributed by atoms with Gasteiger partial charge in [0, 0.05) is 23.8 Å². The van der Waals surface area contributed by atoms with Gasteiger partial charge in [0.2, 0.25) is 5.91 Å². The van der Waals surface area contributed by atoms with Crippen LogP contribution in [0.5, 0.6) is 0 Å². The Morgan fingerprint density at radius 1 is 1.07 bits per heavy atom. The molecular weight excluding hydrogens is 372 g/mol. The van der Waals surface area contributed by atoms with E-state index < -0.39 is 10.0 Å². The minimum Gasteiger partial charge on any atom is -0.312 e. The Balaban J connectivity index is 1.63. The number of hydrogen-bond acceptors (Lipinski definition) is 3. The molecule has 5 nitrogen and oxygen atoms in total. The van der Waals surface area contributed by atoms with Gasteiger partial charge in [-0.05, 0) is 81.3 Å². The molecule has 0 atom stereocenters. The van der Waals surface area contributed by atoms with E-state index in [1.54, 1.807) is 6.07 Å². The molecule has 0 unspecified atom stereocenters. The normalized spacial score (nSPS) is 16.6. The van der Waals surface area contributed by atoms with E-state index >= 15 is 0 Å². The summed E-state index contributed by atoms with van der Waals surface area (Å²) in [6, 6.07) is 9.28. The summed E-state index contributed by atoms with van der Waals surface area (Å²) in [5.41, 5.74) is 5.02. The lowest BCUT2D eigenvalue weighted by Crippen LogP contribution is -2.36. The van der Waals surface area contributed by atoms with Gasteiger partial charge >= 0.3 is 0 Å². The quantitative estimate of drug-likeness (QED) is 0.843. The SMILES string of the molecule is Cc1cc(C)c(S(=O)(=O)Nc2ccc3c(c2)CCCN3C(=O)C2CC2)c(C)c1.